The average Bonchev–Trinajstić information content (AvgIpc) is 2.63. The Morgan fingerprint density at radius 3 is 2.39 bits per heavy atom. The zero-order chi connectivity index (χ0) is 12.8. The summed E-state index contributed by atoms with van der Waals surface area (Å²) in [6.07, 6.45) is 6.96. The van der Waals surface area contributed by atoms with Crippen LogP contribution < -0.4 is 0 Å². The largest absolute Gasteiger partial charge is 0.385 e. The fourth-order valence-corrected chi connectivity index (χ4v) is 3.31. The normalized spacial score (nSPS) is 35.4. The van der Waals surface area contributed by atoms with E-state index in [9.17, 15) is 5.11 Å². The molecule has 2 aliphatic heterocycles. The maximum Gasteiger partial charge on any atom is 0.232 e. The molecule has 1 aromatic heterocycles. The van der Waals surface area contributed by atoms with Crippen LogP contribution in [0.4, 0.5) is 0 Å². The van der Waals surface area contributed by atoms with Crippen molar-refractivity contribution in [2.24, 2.45) is 0 Å². The molecule has 94 valence electrons. The minimum absolute atomic E-state index is 0.151. The third kappa shape index (κ3) is 1.69. The second-order valence-electron chi connectivity index (χ2n) is 5.40. The van der Waals surface area contributed by atoms with Gasteiger partial charge in [0.25, 0.3) is 0 Å². The summed E-state index contributed by atoms with van der Waals surface area (Å²) in [4.78, 5) is 10.3. The monoisotopic (exact) mass is 244 g/mol. The van der Waals surface area contributed by atoms with Crippen LogP contribution in [0.3, 0.4) is 0 Å². The SMILES string of the molecule is CN1C2CCC1CC(O)(c1cnc(C#N)nc1)C2. The first-order valence-corrected chi connectivity index (χ1v) is 6.29. The van der Waals surface area contributed by atoms with E-state index in [0.29, 0.717) is 12.1 Å². The van der Waals surface area contributed by atoms with Crippen LogP contribution in [-0.4, -0.2) is 39.1 Å². The van der Waals surface area contributed by atoms with Crippen molar-refractivity contribution in [2.75, 3.05) is 7.05 Å². The van der Waals surface area contributed by atoms with Crippen LogP contribution in [0.2, 0.25) is 0 Å². The highest BCUT2D eigenvalue weighted by Gasteiger charge is 2.47. The molecular formula is C13H16N4O. The van der Waals surface area contributed by atoms with Crippen molar-refractivity contribution < 1.29 is 5.11 Å². The predicted molar refractivity (Wildman–Crippen MR) is 64.5 cm³/mol. The highest BCUT2D eigenvalue weighted by Crippen LogP contribution is 2.44. The Bertz CT molecular complexity index is 479. The van der Waals surface area contributed by atoms with E-state index in [2.05, 4.69) is 21.9 Å². The molecule has 2 aliphatic rings. The summed E-state index contributed by atoms with van der Waals surface area (Å²) in [5, 5.41) is 19.5. The van der Waals surface area contributed by atoms with Crippen LogP contribution in [0, 0.1) is 11.3 Å². The predicted octanol–water partition coefficient (Wildman–Crippen LogP) is 0.792. The Morgan fingerprint density at radius 2 is 1.89 bits per heavy atom. The van der Waals surface area contributed by atoms with Gasteiger partial charge in [-0.1, -0.05) is 0 Å². The lowest BCUT2D eigenvalue weighted by Gasteiger charge is -2.42. The van der Waals surface area contributed by atoms with E-state index in [4.69, 9.17) is 5.26 Å². The number of hydrogen-bond acceptors (Lipinski definition) is 5. The molecule has 2 unspecified atom stereocenters. The van der Waals surface area contributed by atoms with Crippen molar-refractivity contribution in [3.8, 4) is 6.07 Å². The number of aliphatic hydroxyl groups is 1. The molecular weight excluding hydrogens is 228 g/mol. The second kappa shape index (κ2) is 4.01. The Kier molecular flexibility index (Phi) is 2.58. The van der Waals surface area contributed by atoms with Gasteiger partial charge in [-0.25, -0.2) is 9.97 Å². The van der Waals surface area contributed by atoms with Crippen molar-refractivity contribution in [3.05, 3.63) is 23.8 Å². The molecule has 0 radical (unpaired) electrons. The molecule has 2 fully saturated rings. The third-order valence-electron chi connectivity index (χ3n) is 4.42. The van der Waals surface area contributed by atoms with Gasteiger partial charge in [-0.3, -0.25) is 0 Å². The Hall–Kier alpha value is -1.51. The van der Waals surface area contributed by atoms with E-state index in [-0.39, 0.29) is 5.82 Å². The van der Waals surface area contributed by atoms with Gasteiger partial charge in [0.2, 0.25) is 5.82 Å². The van der Waals surface area contributed by atoms with Gasteiger partial charge in [0.15, 0.2) is 0 Å². The fraction of sp³-hybridized carbons (Fsp3) is 0.615. The lowest BCUT2D eigenvalue weighted by molar-refractivity contribution is -0.0497. The quantitative estimate of drug-likeness (QED) is 0.790. The molecule has 5 nitrogen and oxygen atoms in total. The number of piperidine rings is 1. The van der Waals surface area contributed by atoms with Crippen molar-refractivity contribution in [1.82, 2.24) is 14.9 Å². The minimum Gasteiger partial charge on any atom is -0.385 e. The first-order valence-electron chi connectivity index (χ1n) is 6.29. The van der Waals surface area contributed by atoms with Gasteiger partial charge < -0.3 is 10.0 Å². The summed E-state index contributed by atoms with van der Waals surface area (Å²) in [6.45, 7) is 0. The number of aromatic nitrogens is 2. The molecule has 1 aromatic rings. The van der Waals surface area contributed by atoms with Crippen molar-refractivity contribution in [2.45, 2.75) is 43.4 Å². The van der Waals surface area contributed by atoms with Crippen LogP contribution in [0.1, 0.15) is 37.1 Å². The maximum absolute atomic E-state index is 10.8. The lowest BCUT2D eigenvalue weighted by atomic mass is 9.82. The molecule has 0 amide bonds. The van der Waals surface area contributed by atoms with E-state index >= 15 is 0 Å². The Labute approximate surface area is 106 Å². The van der Waals surface area contributed by atoms with E-state index < -0.39 is 5.60 Å². The van der Waals surface area contributed by atoms with Crippen LogP contribution in [0.15, 0.2) is 12.4 Å². The lowest BCUT2D eigenvalue weighted by Crippen LogP contribution is -2.47. The maximum atomic E-state index is 10.8. The minimum atomic E-state index is -0.827. The summed E-state index contributed by atoms with van der Waals surface area (Å²) in [5.74, 6) is 0.151. The van der Waals surface area contributed by atoms with Crippen LogP contribution >= 0.6 is 0 Å². The van der Waals surface area contributed by atoms with Crippen LogP contribution in [0.5, 0.6) is 0 Å². The molecule has 2 bridgehead atoms. The number of fused-ring (bicyclic) bond motifs is 2. The van der Waals surface area contributed by atoms with E-state index in [1.165, 1.54) is 0 Å². The highest BCUT2D eigenvalue weighted by molar-refractivity contribution is 5.22. The van der Waals surface area contributed by atoms with Crippen LogP contribution in [-0.2, 0) is 5.60 Å². The standard InChI is InChI=1S/C13H16N4O/c1-17-10-2-3-11(17)5-13(18,4-10)9-7-15-12(6-14)16-8-9/h7-8,10-11,18H,2-5H2,1H3. The summed E-state index contributed by atoms with van der Waals surface area (Å²) in [6, 6.07) is 2.79. The topological polar surface area (TPSA) is 73.0 Å². The molecule has 0 aliphatic carbocycles. The van der Waals surface area contributed by atoms with Gasteiger partial charge in [0.05, 0.1) is 5.60 Å². The van der Waals surface area contributed by atoms with Crippen molar-refractivity contribution in [1.29, 1.82) is 5.26 Å². The molecule has 2 atom stereocenters. The number of rotatable bonds is 1. The molecule has 1 N–H and O–H groups in total. The molecule has 3 rings (SSSR count). The summed E-state index contributed by atoms with van der Waals surface area (Å²) >= 11 is 0. The van der Waals surface area contributed by atoms with E-state index in [0.717, 1.165) is 31.2 Å². The van der Waals surface area contributed by atoms with Gasteiger partial charge in [-0.15, -0.1) is 0 Å². The summed E-state index contributed by atoms with van der Waals surface area (Å²) < 4.78 is 0. The molecule has 0 saturated carbocycles. The molecule has 0 aromatic carbocycles. The van der Waals surface area contributed by atoms with Gasteiger partial charge in [-0.2, -0.15) is 5.26 Å². The Balaban J connectivity index is 1.89. The van der Waals surface area contributed by atoms with Crippen molar-refractivity contribution in [3.63, 3.8) is 0 Å². The third-order valence-corrected chi connectivity index (χ3v) is 4.42. The molecule has 0 spiro atoms. The van der Waals surface area contributed by atoms with Crippen molar-refractivity contribution >= 4 is 0 Å². The zero-order valence-corrected chi connectivity index (χ0v) is 10.4. The second-order valence-corrected chi connectivity index (χ2v) is 5.40. The molecule has 5 heteroatoms. The smallest absolute Gasteiger partial charge is 0.232 e. The highest BCUT2D eigenvalue weighted by atomic mass is 16.3. The average molecular weight is 244 g/mol. The Morgan fingerprint density at radius 1 is 1.33 bits per heavy atom. The van der Waals surface area contributed by atoms with E-state index in [1.807, 2.05) is 6.07 Å². The molecule has 2 saturated heterocycles. The van der Waals surface area contributed by atoms with E-state index in [1.54, 1.807) is 12.4 Å². The summed E-state index contributed by atoms with van der Waals surface area (Å²) in [7, 11) is 2.14. The molecule has 3 heterocycles. The number of nitrogens with zero attached hydrogens (tertiary/aromatic N) is 4. The van der Waals surface area contributed by atoms with Gasteiger partial charge in [0.1, 0.15) is 6.07 Å². The summed E-state index contributed by atoms with van der Waals surface area (Å²) in [5.41, 5.74) is -0.0849. The van der Waals surface area contributed by atoms with Crippen LogP contribution in [0.25, 0.3) is 0 Å². The number of hydrogen-bond donors (Lipinski definition) is 1. The molecule has 18 heavy (non-hydrogen) atoms. The zero-order valence-electron chi connectivity index (χ0n) is 10.4. The van der Waals surface area contributed by atoms with Gasteiger partial charge in [0, 0.05) is 30.0 Å². The first kappa shape index (κ1) is 11.6. The fourth-order valence-electron chi connectivity index (χ4n) is 3.31. The van der Waals surface area contributed by atoms with Gasteiger partial charge >= 0.3 is 0 Å². The first-order chi connectivity index (χ1) is 8.62. The number of nitriles is 1. The van der Waals surface area contributed by atoms with Gasteiger partial charge in [-0.05, 0) is 32.7 Å².